The van der Waals surface area contributed by atoms with E-state index in [1.54, 1.807) is 9.80 Å². The number of anilines is 2. The molecular formula is C22H22N2O2. The van der Waals surface area contributed by atoms with Gasteiger partial charge in [-0.05, 0) is 25.0 Å². The molecule has 0 fully saturated rings. The Bertz CT molecular complexity index is 854. The third kappa shape index (κ3) is 2.29. The van der Waals surface area contributed by atoms with Crippen molar-refractivity contribution in [3.8, 4) is 0 Å². The number of hydrogen-bond donors (Lipinski definition) is 0. The van der Waals surface area contributed by atoms with Gasteiger partial charge < -0.3 is 9.80 Å². The van der Waals surface area contributed by atoms with Gasteiger partial charge in [-0.2, -0.15) is 0 Å². The second-order valence-corrected chi connectivity index (χ2v) is 6.70. The van der Waals surface area contributed by atoms with Crippen molar-refractivity contribution < 1.29 is 9.59 Å². The van der Waals surface area contributed by atoms with Gasteiger partial charge in [0.25, 0.3) is 11.8 Å². The van der Waals surface area contributed by atoms with Crippen molar-refractivity contribution in [2.24, 2.45) is 0 Å². The first-order valence-corrected chi connectivity index (χ1v) is 9.25. The molecule has 0 bridgehead atoms. The molecule has 2 aromatic rings. The second kappa shape index (κ2) is 6.45. The zero-order valence-corrected chi connectivity index (χ0v) is 15.2. The van der Waals surface area contributed by atoms with Crippen LogP contribution < -0.4 is 9.80 Å². The lowest BCUT2D eigenvalue weighted by Crippen LogP contribution is -2.29. The molecule has 2 aromatic carbocycles. The number of carbonyl (C=O) groups excluding carboxylic acids is 2. The highest BCUT2D eigenvalue weighted by molar-refractivity contribution is 6.49. The van der Waals surface area contributed by atoms with E-state index in [4.69, 9.17) is 0 Å². The lowest BCUT2D eigenvalue weighted by atomic mass is 9.96. The van der Waals surface area contributed by atoms with Crippen molar-refractivity contribution in [3.63, 3.8) is 0 Å². The first-order valence-electron chi connectivity index (χ1n) is 9.25. The maximum atomic E-state index is 13.3. The van der Waals surface area contributed by atoms with Crippen molar-refractivity contribution >= 4 is 34.3 Å². The molecule has 4 heteroatoms. The van der Waals surface area contributed by atoms with Gasteiger partial charge in [-0.15, -0.1) is 0 Å². The Morgan fingerprint density at radius 3 is 1.42 bits per heavy atom. The van der Waals surface area contributed by atoms with E-state index >= 15 is 0 Å². The molecule has 0 spiro atoms. The Morgan fingerprint density at radius 1 is 0.654 bits per heavy atom. The summed E-state index contributed by atoms with van der Waals surface area (Å²) in [7, 11) is 0. The van der Waals surface area contributed by atoms with Gasteiger partial charge in [0, 0.05) is 24.2 Å². The highest BCUT2D eigenvalue weighted by atomic mass is 16.2. The zero-order chi connectivity index (χ0) is 18.3. The largest absolute Gasteiger partial charge is 0.308 e. The van der Waals surface area contributed by atoms with E-state index in [2.05, 4.69) is 13.8 Å². The number of para-hydroxylation sites is 2. The van der Waals surface area contributed by atoms with Gasteiger partial charge in [0.15, 0.2) is 0 Å². The van der Waals surface area contributed by atoms with Crippen LogP contribution in [0.5, 0.6) is 0 Å². The quantitative estimate of drug-likeness (QED) is 0.782. The van der Waals surface area contributed by atoms with Crippen LogP contribution >= 0.6 is 0 Å². The van der Waals surface area contributed by atoms with Gasteiger partial charge in [-0.3, -0.25) is 9.59 Å². The fraction of sp³-hybridized carbons (Fsp3) is 0.273. The maximum absolute atomic E-state index is 13.3. The minimum absolute atomic E-state index is 0.0652. The summed E-state index contributed by atoms with van der Waals surface area (Å²) in [5.41, 5.74) is 4.63. The van der Waals surface area contributed by atoms with E-state index in [9.17, 15) is 9.59 Å². The molecule has 2 amide bonds. The van der Waals surface area contributed by atoms with Gasteiger partial charge in [0.05, 0.1) is 22.5 Å². The van der Waals surface area contributed by atoms with Crippen molar-refractivity contribution in [1.82, 2.24) is 0 Å². The number of nitrogens with zero attached hydrogens (tertiary/aromatic N) is 2. The molecule has 0 atom stereocenters. The highest BCUT2D eigenvalue weighted by Crippen LogP contribution is 2.46. The van der Waals surface area contributed by atoms with Crippen LogP contribution in [0.2, 0.25) is 0 Å². The molecular weight excluding hydrogens is 324 g/mol. The molecule has 2 aliphatic heterocycles. The number of fused-ring (bicyclic) bond motifs is 2. The summed E-state index contributed by atoms with van der Waals surface area (Å²) in [6.07, 6.45) is 1.74. The SMILES string of the molecule is CCCN1C(=O)/C(=C2\C(=O)N(CCC)c3ccccc32)c2ccccc21. The lowest BCUT2D eigenvalue weighted by molar-refractivity contribution is -0.114. The number of benzene rings is 2. The van der Waals surface area contributed by atoms with E-state index in [0.29, 0.717) is 24.2 Å². The van der Waals surface area contributed by atoms with Crippen LogP contribution in [0.4, 0.5) is 11.4 Å². The van der Waals surface area contributed by atoms with Gasteiger partial charge in [-0.25, -0.2) is 0 Å². The summed E-state index contributed by atoms with van der Waals surface area (Å²) in [4.78, 5) is 30.1. The molecule has 2 aliphatic rings. The van der Waals surface area contributed by atoms with Crippen LogP contribution in [-0.4, -0.2) is 24.9 Å². The Labute approximate surface area is 153 Å². The van der Waals surface area contributed by atoms with Crippen molar-refractivity contribution in [2.75, 3.05) is 22.9 Å². The Balaban J connectivity index is 1.97. The van der Waals surface area contributed by atoms with E-state index in [1.165, 1.54) is 0 Å². The molecule has 0 unspecified atom stereocenters. The normalized spacial score (nSPS) is 18.5. The summed E-state index contributed by atoms with van der Waals surface area (Å²) in [5, 5.41) is 0. The Morgan fingerprint density at radius 2 is 1.04 bits per heavy atom. The first-order chi connectivity index (χ1) is 12.7. The highest BCUT2D eigenvalue weighted by Gasteiger charge is 2.41. The average Bonchev–Trinajstić information content (AvgIpc) is 3.08. The fourth-order valence-electron chi connectivity index (χ4n) is 3.93. The number of carbonyl (C=O) groups is 2. The van der Waals surface area contributed by atoms with Crippen molar-refractivity contribution in [1.29, 1.82) is 0 Å². The maximum Gasteiger partial charge on any atom is 0.259 e. The Kier molecular flexibility index (Phi) is 4.11. The summed E-state index contributed by atoms with van der Waals surface area (Å²) >= 11 is 0. The molecule has 0 aromatic heterocycles. The molecule has 4 nitrogen and oxygen atoms in total. The van der Waals surface area contributed by atoms with E-state index < -0.39 is 0 Å². The summed E-state index contributed by atoms with van der Waals surface area (Å²) < 4.78 is 0. The first kappa shape index (κ1) is 16.6. The molecule has 4 rings (SSSR count). The predicted octanol–water partition coefficient (Wildman–Crippen LogP) is 4.11. The zero-order valence-electron chi connectivity index (χ0n) is 15.2. The van der Waals surface area contributed by atoms with E-state index in [0.717, 1.165) is 35.3 Å². The summed E-state index contributed by atoms with van der Waals surface area (Å²) in [6.45, 7) is 5.42. The number of rotatable bonds is 4. The van der Waals surface area contributed by atoms with Crippen LogP contribution in [0.25, 0.3) is 11.1 Å². The second-order valence-electron chi connectivity index (χ2n) is 6.70. The number of amides is 2. The fourth-order valence-corrected chi connectivity index (χ4v) is 3.93. The Hall–Kier alpha value is -2.88. The molecule has 2 heterocycles. The van der Waals surface area contributed by atoms with Crippen molar-refractivity contribution in [3.05, 3.63) is 59.7 Å². The molecule has 26 heavy (non-hydrogen) atoms. The molecule has 0 N–H and O–H groups in total. The minimum Gasteiger partial charge on any atom is -0.308 e. The summed E-state index contributed by atoms with van der Waals surface area (Å²) in [6, 6.07) is 15.6. The molecule has 0 radical (unpaired) electrons. The summed E-state index contributed by atoms with van der Waals surface area (Å²) in [5.74, 6) is -0.130. The van der Waals surface area contributed by atoms with Gasteiger partial charge in [0.2, 0.25) is 0 Å². The molecule has 0 saturated carbocycles. The van der Waals surface area contributed by atoms with E-state index in [1.807, 2.05) is 48.5 Å². The smallest absolute Gasteiger partial charge is 0.259 e. The average molecular weight is 346 g/mol. The van der Waals surface area contributed by atoms with Crippen LogP contribution in [0.3, 0.4) is 0 Å². The topological polar surface area (TPSA) is 40.6 Å². The monoisotopic (exact) mass is 346 g/mol. The van der Waals surface area contributed by atoms with Gasteiger partial charge >= 0.3 is 0 Å². The van der Waals surface area contributed by atoms with Crippen LogP contribution in [0.1, 0.15) is 37.8 Å². The molecule has 0 aliphatic carbocycles. The minimum atomic E-state index is -0.0652. The number of hydrogen-bond acceptors (Lipinski definition) is 2. The molecule has 0 saturated heterocycles. The molecule has 132 valence electrons. The van der Waals surface area contributed by atoms with Crippen LogP contribution in [0.15, 0.2) is 48.5 Å². The van der Waals surface area contributed by atoms with Crippen molar-refractivity contribution in [2.45, 2.75) is 26.7 Å². The predicted molar refractivity (Wildman–Crippen MR) is 105 cm³/mol. The standard InChI is InChI=1S/C22H22N2O2/c1-3-13-23-17-11-7-5-9-15(17)19(21(23)25)20-16-10-6-8-12-18(16)24(14-4-2)22(20)26/h5-12H,3-4,13-14H2,1-2H3/b20-19-. The lowest BCUT2D eigenvalue weighted by Gasteiger charge is -2.16. The van der Waals surface area contributed by atoms with Gasteiger partial charge in [-0.1, -0.05) is 50.2 Å². The van der Waals surface area contributed by atoms with Crippen LogP contribution in [0, 0.1) is 0 Å². The third-order valence-corrected chi connectivity index (χ3v) is 4.99. The third-order valence-electron chi connectivity index (χ3n) is 4.99. The van der Waals surface area contributed by atoms with E-state index in [-0.39, 0.29) is 11.8 Å². The van der Waals surface area contributed by atoms with Gasteiger partial charge in [0.1, 0.15) is 0 Å². The van der Waals surface area contributed by atoms with Crippen LogP contribution in [-0.2, 0) is 9.59 Å².